The Kier molecular flexibility index (Phi) is 4.60. The Morgan fingerprint density at radius 3 is 2.68 bits per heavy atom. The molecule has 0 unspecified atom stereocenters. The van der Waals surface area contributed by atoms with Gasteiger partial charge in [-0.25, -0.2) is 0 Å². The van der Waals surface area contributed by atoms with Crippen LogP contribution in [-0.4, -0.2) is 22.7 Å². The summed E-state index contributed by atoms with van der Waals surface area (Å²) in [6, 6.07) is 4.53. The number of Topliss-reactive ketones (excluding diaryl/α,β-unsaturated/α-hetero) is 1. The zero-order valence-corrected chi connectivity index (χ0v) is 12.7. The average molecular weight is 302 g/mol. The predicted octanol–water partition coefficient (Wildman–Crippen LogP) is 1.98. The number of nitrogens with one attached hydrogen (secondary N) is 2. The number of ketones is 1. The Bertz CT molecular complexity index is 744. The summed E-state index contributed by atoms with van der Waals surface area (Å²) in [7, 11) is 0. The molecule has 0 aliphatic rings. The van der Waals surface area contributed by atoms with Crippen molar-refractivity contribution < 1.29 is 14.0 Å². The number of H-pyrrole nitrogens is 1. The number of aromatic amines is 1. The van der Waals surface area contributed by atoms with E-state index in [-0.39, 0.29) is 23.5 Å². The Labute approximate surface area is 127 Å². The molecule has 0 bridgehead atoms. The van der Waals surface area contributed by atoms with Crippen molar-refractivity contribution >= 4 is 11.7 Å². The first-order valence-electron chi connectivity index (χ1n) is 6.96. The normalized spacial score (nSPS) is 12.0. The lowest BCUT2D eigenvalue weighted by Crippen LogP contribution is -2.37. The van der Waals surface area contributed by atoms with Gasteiger partial charge in [-0.05, 0) is 44.5 Å². The number of furan rings is 1. The molecule has 0 aromatic carbocycles. The van der Waals surface area contributed by atoms with Crippen LogP contribution >= 0.6 is 0 Å². The van der Waals surface area contributed by atoms with E-state index in [4.69, 9.17) is 4.42 Å². The molecule has 0 fully saturated rings. The first-order chi connectivity index (χ1) is 10.4. The van der Waals surface area contributed by atoms with Crippen LogP contribution in [-0.2, 0) is 0 Å². The minimum atomic E-state index is -0.488. The van der Waals surface area contributed by atoms with Gasteiger partial charge in [0.2, 0.25) is 0 Å². The minimum absolute atomic E-state index is 0.0721. The van der Waals surface area contributed by atoms with Gasteiger partial charge in [-0.15, -0.1) is 0 Å². The Balaban J connectivity index is 2.06. The third-order valence-corrected chi connectivity index (χ3v) is 3.26. The molecule has 1 atom stereocenters. The number of amides is 1. The summed E-state index contributed by atoms with van der Waals surface area (Å²) in [6.45, 7) is 5.16. The van der Waals surface area contributed by atoms with Crippen LogP contribution in [0.25, 0.3) is 0 Å². The number of hydrogen-bond acceptors (Lipinski definition) is 4. The number of carbonyl (C=O) groups is 2. The fraction of sp³-hybridized carbons (Fsp3) is 0.312. The SMILES string of the molecule is Cc1cc(C)c(C(=O)N[C@H](C)CC(=O)c2ccco2)c(=O)[nH]1. The number of aromatic nitrogens is 1. The summed E-state index contributed by atoms with van der Waals surface area (Å²) in [5.74, 6) is -0.434. The van der Waals surface area contributed by atoms with E-state index in [1.165, 1.54) is 6.26 Å². The van der Waals surface area contributed by atoms with Crippen LogP contribution in [0.3, 0.4) is 0 Å². The first-order valence-corrected chi connectivity index (χ1v) is 6.96. The summed E-state index contributed by atoms with van der Waals surface area (Å²) >= 11 is 0. The molecule has 1 amide bonds. The lowest BCUT2D eigenvalue weighted by Gasteiger charge is -2.13. The molecule has 0 saturated heterocycles. The van der Waals surface area contributed by atoms with Crippen LogP contribution in [0.4, 0.5) is 0 Å². The van der Waals surface area contributed by atoms with Gasteiger partial charge in [0.05, 0.1) is 6.26 Å². The Morgan fingerprint density at radius 2 is 2.09 bits per heavy atom. The van der Waals surface area contributed by atoms with E-state index < -0.39 is 17.5 Å². The molecule has 2 rings (SSSR count). The summed E-state index contributed by atoms with van der Waals surface area (Å²) in [5.41, 5.74) is 0.936. The monoisotopic (exact) mass is 302 g/mol. The molecular formula is C16H18N2O4. The number of carbonyl (C=O) groups excluding carboxylic acids is 2. The third-order valence-electron chi connectivity index (χ3n) is 3.26. The molecule has 2 N–H and O–H groups in total. The van der Waals surface area contributed by atoms with Gasteiger partial charge in [0, 0.05) is 18.2 Å². The van der Waals surface area contributed by atoms with Crippen LogP contribution in [0.2, 0.25) is 0 Å². The number of hydrogen-bond donors (Lipinski definition) is 2. The number of pyridine rings is 1. The van der Waals surface area contributed by atoms with Crippen molar-refractivity contribution in [3.8, 4) is 0 Å². The number of rotatable bonds is 5. The van der Waals surface area contributed by atoms with E-state index in [1.807, 2.05) is 0 Å². The average Bonchev–Trinajstić information content (AvgIpc) is 2.90. The van der Waals surface area contributed by atoms with E-state index in [0.717, 1.165) is 0 Å². The zero-order valence-electron chi connectivity index (χ0n) is 12.7. The molecule has 6 heteroatoms. The Morgan fingerprint density at radius 1 is 1.36 bits per heavy atom. The van der Waals surface area contributed by atoms with Crippen molar-refractivity contribution in [1.82, 2.24) is 10.3 Å². The van der Waals surface area contributed by atoms with Gasteiger partial charge in [-0.1, -0.05) is 0 Å². The highest BCUT2D eigenvalue weighted by Crippen LogP contribution is 2.08. The lowest BCUT2D eigenvalue weighted by molar-refractivity contribution is 0.0906. The van der Waals surface area contributed by atoms with Crippen LogP contribution in [0.5, 0.6) is 0 Å². The molecule has 116 valence electrons. The molecule has 22 heavy (non-hydrogen) atoms. The molecular weight excluding hydrogens is 284 g/mol. The maximum Gasteiger partial charge on any atom is 0.261 e. The highest BCUT2D eigenvalue weighted by molar-refractivity contribution is 5.97. The van der Waals surface area contributed by atoms with Crippen LogP contribution in [0.15, 0.2) is 33.7 Å². The minimum Gasteiger partial charge on any atom is -0.461 e. The van der Waals surface area contributed by atoms with Crippen molar-refractivity contribution in [3.63, 3.8) is 0 Å². The Hall–Kier alpha value is -2.63. The van der Waals surface area contributed by atoms with E-state index in [0.29, 0.717) is 11.3 Å². The van der Waals surface area contributed by atoms with E-state index >= 15 is 0 Å². The van der Waals surface area contributed by atoms with Crippen molar-refractivity contribution in [3.05, 3.63) is 57.4 Å². The second-order valence-electron chi connectivity index (χ2n) is 5.32. The van der Waals surface area contributed by atoms with Gasteiger partial charge >= 0.3 is 0 Å². The standard InChI is InChI=1S/C16H18N2O4/c1-9-7-10(2)17-15(20)14(9)16(21)18-11(3)8-12(19)13-5-4-6-22-13/h4-7,11H,8H2,1-3H3,(H,17,20)(H,18,21)/t11-/m1/s1. The number of aryl methyl sites for hydroxylation is 2. The highest BCUT2D eigenvalue weighted by Gasteiger charge is 2.19. The van der Waals surface area contributed by atoms with Crippen LogP contribution in [0, 0.1) is 13.8 Å². The van der Waals surface area contributed by atoms with E-state index in [1.54, 1.807) is 39.0 Å². The van der Waals surface area contributed by atoms with Crippen molar-refractivity contribution in [2.45, 2.75) is 33.2 Å². The van der Waals surface area contributed by atoms with Crippen LogP contribution in [0.1, 0.15) is 45.5 Å². The molecule has 2 heterocycles. The highest BCUT2D eigenvalue weighted by atomic mass is 16.3. The van der Waals surface area contributed by atoms with Crippen molar-refractivity contribution in [2.75, 3.05) is 0 Å². The summed E-state index contributed by atoms with van der Waals surface area (Å²) < 4.78 is 5.02. The quantitative estimate of drug-likeness (QED) is 0.826. The second-order valence-corrected chi connectivity index (χ2v) is 5.32. The molecule has 2 aromatic heterocycles. The maximum atomic E-state index is 12.2. The molecule has 0 spiro atoms. The zero-order chi connectivity index (χ0) is 16.3. The fourth-order valence-corrected chi connectivity index (χ4v) is 2.30. The van der Waals surface area contributed by atoms with Crippen LogP contribution < -0.4 is 10.9 Å². The van der Waals surface area contributed by atoms with E-state index in [9.17, 15) is 14.4 Å². The first kappa shape index (κ1) is 15.8. The smallest absolute Gasteiger partial charge is 0.261 e. The van der Waals surface area contributed by atoms with Gasteiger partial charge in [0.1, 0.15) is 5.56 Å². The lowest BCUT2D eigenvalue weighted by atomic mass is 10.1. The molecule has 0 radical (unpaired) electrons. The van der Waals surface area contributed by atoms with E-state index in [2.05, 4.69) is 10.3 Å². The van der Waals surface area contributed by atoms with Gasteiger partial charge < -0.3 is 14.7 Å². The van der Waals surface area contributed by atoms with Crippen molar-refractivity contribution in [2.24, 2.45) is 0 Å². The third kappa shape index (κ3) is 3.52. The summed E-state index contributed by atoms with van der Waals surface area (Å²) in [4.78, 5) is 38.6. The molecule has 0 aliphatic heterocycles. The topological polar surface area (TPSA) is 92.2 Å². The second kappa shape index (κ2) is 6.43. The summed E-state index contributed by atoms with van der Waals surface area (Å²) in [6.07, 6.45) is 1.52. The van der Waals surface area contributed by atoms with Crippen molar-refractivity contribution in [1.29, 1.82) is 0 Å². The maximum absolute atomic E-state index is 12.2. The summed E-state index contributed by atoms with van der Waals surface area (Å²) in [5, 5.41) is 2.67. The van der Waals surface area contributed by atoms with Gasteiger partial charge in [-0.3, -0.25) is 14.4 Å². The molecule has 2 aromatic rings. The van der Waals surface area contributed by atoms with Gasteiger partial charge in [0.15, 0.2) is 11.5 Å². The van der Waals surface area contributed by atoms with Gasteiger partial charge in [-0.2, -0.15) is 0 Å². The molecule has 0 aliphatic carbocycles. The predicted molar refractivity (Wildman–Crippen MR) is 81.1 cm³/mol. The molecule has 0 saturated carbocycles. The van der Waals surface area contributed by atoms with Gasteiger partial charge in [0.25, 0.3) is 11.5 Å². The largest absolute Gasteiger partial charge is 0.461 e. The fourth-order valence-electron chi connectivity index (χ4n) is 2.30. The molecule has 6 nitrogen and oxygen atoms in total.